The van der Waals surface area contributed by atoms with E-state index in [4.69, 9.17) is 4.42 Å². The Kier molecular flexibility index (Phi) is 7.89. The molecule has 0 atom stereocenters. The summed E-state index contributed by atoms with van der Waals surface area (Å²) >= 11 is 0. The van der Waals surface area contributed by atoms with Gasteiger partial charge < -0.3 is 9.32 Å². The first-order chi connectivity index (χ1) is 29.7. The van der Waals surface area contributed by atoms with Gasteiger partial charge in [-0.2, -0.15) is 0 Å². The molecule has 0 unspecified atom stereocenters. The number of hydrogen-bond acceptors (Lipinski definition) is 2. The smallest absolute Gasteiger partial charge is 0.143 e. The van der Waals surface area contributed by atoms with Gasteiger partial charge in [0.25, 0.3) is 0 Å². The van der Waals surface area contributed by atoms with E-state index in [9.17, 15) is 0 Å². The van der Waals surface area contributed by atoms with Gasteiger partial charge in [-0.3, -0.25) is 0 Å². The molecular weight excluding hydrogens is 727 g/mol. The highest BCUT2D eigenvalue weighted by Gasteiger charge is 2.21. The van der Waals surface area contributed by atoms with Gasteiger partial charge in [0.15, 0.2) is 0 Å². The van der Waals surface area contributed by atoms with Crippen molar-refractivity contribution in [3.8, 4) is 33.4 Å². The normalized spacial score (nSPS) is 11.7. The van der Waals surface area contributed by atoms with Crippen molar-refractivity contribution in [2.75, 3.05) is 4.90 Å². The largest absolute Gasteiger partial charge is 0.455 e. The monoisotopic (exact) mass is 763 g/mol. The Morgan fingerprint density at radius 2 is 0.783 bits per heavy atom. The number of benzene rings is 11. The highest BCUT2D eigenvalue weighted by atomic mass is 16.3. The van der Waals surface area contributed by atoms with Gasteiger partial charge >= 0.3 is 0 Å². The summed E-state index contributed by atoms with van der Waals surface area (Å²) in [6.07, 6.45) is 0. The van der Waals surface area contributed by atoms with E-state index in [0.29, 0.717) is 0 Å². The first kappa shape index (κ1) is 34.1. The molecule has 0 aliphatic carbocycles. The van der Waals surface area contributed by atoms with Gasteiger partial charge in [-0.25, -0.2) is 0 Å². The maximum Gasteiger partial charge on any atom is 0.143 e. The minimum atomic E-state index is 0.876. The van der Waals surface area contributed by atoms with E-state index < -0.39 is 0 Å². The second-order valence-electron chi connectivity index (χ2n) is 15.6. The SMILES string of the molecule is c1ccc(-c2c(-c3ccccc3)c3cc(N(c4ccc(-c5ccc6ccccc6c5)cc4)c4ccc5oc6c7ccccc7ccc6c5c4)ccc3c3ccccc23)cc1. The number of nitrogens with zero attached hydrogens (tertiary/aromatic N) is 1. The van der Waals surface area contributed by atoms with Crippen LogP contribution < -0.4 is 4.90 Å². The van der Waals surface area contributed by atoms with Crippen LogP contribution in [0.15, 0.2) is 229 Å². The van der Waals surface area contributed by atoms with Crippen molar-refractivity contribution >= 4 is 82.1 Å². The standard InChI is InChI=1S/C58H37NO/c1-3-15-41(16-4-1)56-51-22-12-11-21-49(51)50-33-30-46(37-54(50)57(56)42-17-5-2-6-18-42)59(45-28-25-39(26-29-45)44-24-23-38-13-7-8-19-43(38)35-44)47-31-34-55-53(36-47)52-32-27-40-14-9-10-20-48(40)58(52)60-55/h1-37H. The molecule has 0 radical (unpaired) electrons. The summed E-state index contributed by atoms with van der Waals surface area (Å²) in [4.78, 5) is 2.40. The molecule has 280 valence electrons. The molecule has 1 aromatic heterocycles. The van der Waals surface area contributed by atoms with Crippen molar-refractivity contribution in [1.29, 1.82) is 0 Å². The maximum atomic E-state index is 6.61. The molecule has 0 aliphatic rings. The van der Waals surface area contributed by atoms with Gasteiger partial charge in [-0.1, -0.05) is 170 Å². The Labute approximate surface area is 347 Å². The summed E-state index contributed by atoms with van der Waals surface area (Å²) in [5, 5.41) is 11.9. The summed E-state index contributed by atoms with van der Waals surface area (Å²) in [5.74, 6) is 0. The van der Waals surface area contributed by atoms with Crippen LogP contribution in [0.3, 0.4) is 0 Å². The summed E-state index contributed by atoms with van der Waals surface area (Å²) in [7, 11) is 0. The average molecular weight is 764 g/mol. The van der Waals surface area contributed by atoms with Crippen LogP contribution in [0.4, 0.5) is 17.1 Å². The van der Waals surface area contributed by atoms with Crippen LogP contribution in [-0.2, 0) is 0 Å². The highest BCUT2D eigenvalue weighted by molar-refractivity contribution is 6.22. The second-order valence-corrected chi connectivity index (χ2v) is 15.6. The third-order valence-corrected chi connectivity index (χ3v) is 12.2. The summed E-state index contributed by atoms with van der Waals surface area (Å²) in [6, 6.07) is 81.4. The fourth-order valence-electron chi connectivity index (χ4n) is 9.38. The van der Waals surface area contributed by atoms with Crippen LogP contribution in [0.2, 0.25) is 0 Å². The zero-order valence-electron chi connectivity index (χ0n) is 32.7. The zero-order valence-corrected chi connectivity index (χ0v) is 32.7. The molecule has 0 bridgehead atoms. The molecule has 1 heterocycles. The Balaban J connectivity index is 1.11. The molecule has 0 amide bonds. The second kappa shape index (κ2) is 13.9. The molecular formula is C58H37NO. The van der Waals surface area contributed by atoms with Crippen LogP contribution in [0.25, 0.3) is 98.4 Å². The average Bonchev–Trinajstić information content (AvgIpc) is 3.70. The number of hydrogen-bond donors (Lipinski definition) is 0. The molecule has 0 spiro atoms. The van der Waals surface area contributed by atoms with E-state index in [2.05, 4.69) is 229 Å². The van der Waals surface area contributed by atoms with Crippen molar-refractivity contribution in [3.05, 3.63) is 224 Å². The summed E-state index contributed by atoms with van der Waals surface area (Å²) in [5.41, 5.74) is 12.2. The number of fused-ring (bicyclic) bond motifs is 9. The molecule has 11 aromatic carbocycles. The molecule has 0 aliphatic heterocycles. The van der Waals surface area contributed by atoms with E-state index in [1.165, 1.54) is 71.1 Å². The van der Waals surface area contributed by atoms with Crippen LogP contribution in [0.5, 0.6) is 0 Å². The topological polar surface area (TPSA) is 16.4 Å². The lowest BCUT2D eigenvalue weighted by molar-refractivity contribution is 0.672. The molecule has 12 rings (SSSR count). The minimum absolute atomic E-state index is 0.876. The third-order valence-electron chi connectivity index (χ3n) is 12.2. The molecule has 0 fully saturated rings. The first-order valence-electron chi connectivity index (χ1n) is 20.6. The predicted molar refractivity (Wildman–Crippen MR) is 255 cm³/mol. The number of furan rings is 1. The zero-order chi connectivity index (χ0) is 39.6. The lowest BCUT2D eigenvalue weighted by Crippen LogP contribution is -2.10. The van der Waals surface area contributed by atoms with Gasteiger partial charge in [0.05, 0.1) is 0 Å². The Morgan fingerprint density at radius 3 is 1.53 bits per heavy atom. The summed E-state index contributed by atoms with van der Waals surface area (Å²) in [6.45, 7) is 0. The lowest BCUT2D eigenvalue weighted by atomic mass is 9.85. The van der Waals surface area contributed by atoms with E-state index >= 15 is 0 Å². The van der Waals surface area contributed by atoms with Crippen LogP contribution in [0.1, 0.15) is 0 Å². The molecule has 2 heteroatoms. The van der Waals surface area contributed by atoms with Crippen molar-refractivity contribution < 1.29 is 4.42 Å². The van der Waals surface area contributed by atoms with Gasteiger partial charge in [-0.15, -0.1) is 0 Å². The first-order valence-corrected chi connectivity index (χ1v) is 20.6. The van der Waals surface area contributed by atoms with Crippen LogP contribution >= 0.6 is 0 Å². The van der Waals surface area contributed by atoms with Crippen LogP contribution in [0, 0.1) is 0 Å². The van der Waals surface area contributed by atoms with Crippen molar-refractivity contribution in [1.82, 2.24) is 0 Å². The molecule has 60 heavy (non-hydrogen) atoms. The van der Waals surface area contributed by atoms with E-state index in [0.717, 1.165) is 44.4 Å². The Bertz CT molecular complexity index is 3590. The fourth-order valence-corrected chi connectivity index (χ4v) is 9.38. The van der Waals surface area contributed by atoms with Crippen LogP contribution in [-0.4, -0.2) is 0 Å². The number of rotatable bonds is 6. The minimum Gasteiger partial charge on any atom is -0.455 e. The van der Waals surface area contributed by atoms with Gasteiger partial charge in [0, 0.05) is 33.2 Å². The number of anilines is 3. The molecule has 12 aromatic rings. The van der Waals surface area contributed by atoms with Crippen molar-refractivity contribution in [3.63, 3.8) is 0 Å². The van der Waals surface area contributed by atoms with Crippen molar-refractivity contribution in [2.45, 2.75) is 0 Å². The quantitative estimate of drug-likeness (QED) is 0.157. The molecule has 0 saturated heterocycles. The summed E-state index contributed by atoms with van der Waals surface area (Å²) < 4.78 is 6.61. The van der Waals surface area contributed by atoms with E-state index in [1.807, 2.05) is 0 Å². The Morgan fingerprint density at radius 1 is 0.267 bits per heavy atom. The molecule has 2 nitrogen and oxygen atoms in total. The maximum absolute atomic E-state index is 6.61. The van der Waals surface area contributed by atoms with Gasteiger partial charge in [0.1, 0.15) is 11.2 Å². The van der Waals surface area contributed by atoms with E-state index in [-0.39, 0.29) is 0 Å². The predicted octanol–water partition coefficient (Wildman–Crippen LogP) is 16.7. The molecule has 0 saturated carbocycles. The van der Waals surface area contributed by atoms with Gasteiger partial charge in [0.2, 0.25) is 0 Å². The van der Waals surface area contributed by atoms with E-state index in [1.54, 1.807) is 0 Å². The van der Waals surface area contributed by atoms with Gasteiger partial charge in [-0.05, 0) is 126 Å². The Hall–Kier alpha value is -7.94. The lowest BCUT2D eigenvalue weighted by Gasteiger charge is -2.27. The van der Waals surface area contributed by atoms with Crippen molar-refractivity contribution in [2.24, 2.45) is 0 Å². The third kappa shape index (κ3) is 5.57. The molecule has 0 N–H and O–H groups in total. The highest BCUT2D eigenvalue weighted by Crippen LogP contribution is 2.47. The fraction of sp³-hybridized carbons (Fsp3) is 0.